The smallest absolute Gasteiger partial charge is 0.346 e. The first-order valence-corrected chi connectivity index (χ1v) is 4.71. The molecule has 0 bridgehead atoms. The van der Waals surface area contributed by atoms with E-state index in [1.807, 2.05) is 0 Å². The van der Waals surface area contributed by atoms with Crippen LogP contribution < -0.4 is 5.32 Å². The maximum atomic E-state index is 12.6. The van der Waals surface area contributed by atoms with Gasteiger partial charge in [0.15, 0.2) is 0 Å². The topological polar surface area (TPSA) is 29.1 Å². The molecule has 0 aliphatic carbocycles. The Morgan fingerprint density at radius 1 is 1.12 bits per heavy atom. The van der Waals surface area contributed by atoms with Crippen LogP contribution in [0, 0.1) is 0 Å². The Morgan fingerprint density at radius 3 is 1.88 bits per heavy atom. The largest absolute Gasteiger partial charge is 0.463 e. The number of hydrogen-bond donors (Lipinski definition) is 1. The van der Waals surface area contributed by atoms with Crippen molar-refractivity contribution in [3.8, 4) is 0 Å². The third-order valence-corrected chi connectivity index (χ3v) is 1.97. The number of hydrogen-bond acceptors (Lipinski definition) is 1. The number of carbonyl (C=O) groups is 1. The molecule has 1 amide bonds. The molecule has 0 aromatic rings. The first-order chi connectivity index (χ1) is 6.94. The molecule has 0 fully saturated rings. The summed E-state index contributed by atoms with van der Waals surface area (Å²) in [5.74, 6) is -7.66. The summed E-state index contributed by atoms with van der Waals surface area (Å²) in [5, 5.41) is 1.70. The van der Waals surface area contributed by atoms with Crippen LogP contribution in [0.1, 0.15) is 33.6 Å². The maximum Gasteiger partial charge on any atom is 0.463 e. The summed E-state index contributed by atoms with van der Waals surface area (Å²) in [6.07, 6.45) is -4.99. The van der Waals surface area contributed by atoms with Gasteiger partial charge in [0.2, 0.25) is 0 Å². The zero-order valence-corrected chi connectivity index (χ0v) is 9.21. The molecule has 16 heavy (non-hydrogen) atoms. The first kappa shape index (κ1) is 15.1. The summed E-state index contributed by atoms with van der Waals surface area (Å²) in [6.45, 7) is 4.51. The predicted octanol–water partition coefficient (Wildman–Crippen LogP) is 2.88. The number of halogens is 5. The Balaban J connectivity index is 4.71. The number of nitrogens with one attached hydrogen (secondary N) is 1. The molecule has 0 spiro atoms. The number of rotatable bonds is 4. The molecule has 7 heteroatoms. The summed E-state index contributed by atoms with van der Waals surface area (Å²) >= 11 is 0. The molecule has 0 aromatic carbocycles. The molecule has 0 aliphatic rings. The van der Waals surface area contributed by atoms with Crippen LogP contribution in [0.3, 0.4) is 0 Å². The third-order valence-electron chi connectivity index (χ3n) is 1.97. The SMILES string of the molecule is CCCC(C)(C)NC(=O)C(F)(F)C(F)(F)F. The van der Waals surface area contributed by atoms with Crippen LogP contribution in [-0.4, -0.2) is 23.5 Å². The molecule has 0 saturated heterocycles. The second-order valence-electron chi connectivity index (χ2n) is 4.16. The first-order valence-electron chi connectivity index (χ1n) is 4.71. The van der Waals surface area contributed by atoms with E-state index >= 15 is 0 Å². The van der Waals surface area contributed by atoms with E-state index in [4.69, 9.17) is 0 Å². The van der Waals surface area contributed by atoms with Gasteiger partial charge in [-0.2, -0.15) is 22.0 Å². The van der Waals surface area contributed by atoms with Gasteiger partial charge in [-0.15, -0.1) is 0 Å². The van der Waals surface area contributed by atoms with Crippen LogP contribution in [0.2, 0.25) is 0 Å². The van der Waals surface area contributed by atoms with Crippen molar-refractivity contribution in [1.82, 2.24) is 5.32 Å². The second-order valence-corrected chi connectivity index (χ2v) is 4.16. The Hall–Kier alpha value is -0.880. The Labute approximate surface area is 90.2 Å². The molecule has 0 radical (unpaired) electrons. The van der Waals surface area contributed by atoms with Crippen molar-refractivity contribution in [3.05, 3.63) is 0 Å². The number of carbonyl (C=O) groups excluding carboxylic acids is 1. The predicted molar refractivity (Wildman–Crippen MR) is 48.1 cm³/mol. The van der Waals surface area contributed by atoms with Gasteiger partial charge in [0, 0.05) is 5.54 Å². The summed E-state index contributed by atoms with van der Waals surface area (Å²) in [6, 6.07) is 0. The standard InChI is InChI=1S/C9H14F5NO/c1-4-5-7(2,3)15-6(16)8(10,11)9(12,13)14/h4-5H2,1-3H3,(H,15,16). The molecule has 1 N–H and O–H groups in total. The second kappa shape index (κ2) is 4.55. The van der Waals surface area contributed by atoms with Gasteiger partial charge in [0.05, 0.1) is 0 Å². The van der Waals surface area contributed by atoms with Crippen molar-refractivity contribution in [3.63, 3.8) is 0 Å². The van der Waals surface area contributed by atoms with Gasteiger partial charge in [-0.05, 0) is 20.3 Å². The molecule has 2 nitrogen and oxygen atoms in total. The van der Waals surface area contributed by atoms with E-state index in [-0.39, 0.29) is 0 Å². The van der Waals surface area contributed by atoms with Crippen molar-refractivity contribution < 1.29 is 26.7 Å². The molecular formula is C9H14F5NO. The van der Waals surface area contributed by atoms with E-state index in [1.165, 1.54) is 13.8 Å². The lowest BCUT2D eigenvalue weighted by atomic mass is 9.98. The van der Waals surface area contributed by atoms with E-state index in [0.717, 1.165) is 0 Å². The van der Waals surface area contributed by atoms with E-state index in [0.29, 0.717) is 12.8 Å². The van der Waals surface area contributed by atoms with Crippen molar-refractivity contribution in [2.45, 2.75) is 51.3 Å². The average molecular weight is 247 g/mol. The van der Waals surface area contributed by atoms with E-state index in [1.54, 1.807) is 12.2 Å². The molecule has 0 saturated carbocycles. The fourth-order valence-electron chi connectivity index (χ4n) is 1.20. The van der Waals surface area contributed by atoms with E-state index in [2.05, 4.69) is 0 Å². The number of alkyl halides is 5. The van der Waals surface area contributed by atoms with Crippen LogP contribution in [0.5, 0.6) is 0 Å². The van der Waals surface area contributed by atoms with Gasteiger partial charge in [-0.25, -0.2) is 0 Å². The van der Waals surface area contributed by atoms with Crippen molar-refractivity contribution in [1.29, 1.82) is 0 Å². The van der Waals surface area contributed by atoms with E-state index < -0.39 is 23.5 Å². The van der Waals surface area contributed by atoms with Crippen LogP contribution in [-0.2, 0) is 4.79 Å². The van der Waals surface area contributed by atoms with Gasteiger partial charge < -0.3 is 5.32 Å². The summed E-state index contributed by atoms with van der Waals surface area (Å²) in [4.78, 5) is 10.8. The lowest BCUT2D eigenvalue weighted by Crippen LogP contribution is -2.56. The molecule has 0 aliphatic heterocycles. The van der Waals surface area contributed by atoms with E-state index in [9.17, 15) is 26.7 Å². The molecule has 0 heterocycles. The van der Waals surface area contributed by atoms with Gasteiger partial charge in [0.25, 0.3) is 0 Å². The minimum Gasteiger partial charge on any atom is -0.346 e. The Kier molecular flexibility index (Phi) is 4.30. The highest BCUT2D eigenvalue weighted by Gasteiger charge is 2.63. The summed E-state index contributed by atoms with van der Waals surface area (Å²) < 4.78 is 60.6. The van der Waals surface area contributed by atoms with Crippen LogP contribution >= 0.6 is 0 Å². The lowest BCUT2D eigenvalue weighted by molar-refractivity contribution is -0.270. The molecule has 0 rings (SSSR count). The van der Waals surface area contributed by atoms with Crippen LogP contribution in [0.15, 0.2) is 0 Å². The molecule has 0 unspecified atom stereocenters. The van der Waals surface area contributed by atoms with Gasteiger partial charge in [-0.3, -0.25) is 4.79 Å². The Bertz CT molecular complexity index is 259. The fourth-order valence-corrected chi connectivity index (χ4v) is 1.20. The summed E-state index contributed by atoms with van der Waals surface area (Å²) in [5.41, 5.74) is -1.08. The highest BCUT2D eigenvalue weighted by Crippen LogP contribution is 2.36. The van der Waals surface area contributed by atoms with Crippen LogP contribution in [0.4, 0.5) is 22.0 Å². The number of amides is 1. The minimum atomic E-state index is -5.86. The molecule has 96 valence electrons. The zero-order valence-electron chi connectivity index (χ0n) is 9.21. The summed E-state index contributed by atoms with van der Waals surface area (Å²) in [7, 11) is 0. The highest BCUT2D eigenvalue weighted by molar-refractivity contribution is 5.84. The fraction of sp³-hybridized carbons (Fsp3) is 0.889. The van der Waals surface area contributed by atoms with Gasteiger partial charge >= 0.3 is 18.0 Å². The Morgan fingerprint density at radius 2 is 1.56 bits per heavy atom. The molecule has 0 aromatic heterocycles. The average Bonchev–Trinajstić information content (AvgIpc) is 2.00. The zero-order chi connectivity index (χ0) is 13.2. The van der Waals surface area contributed by atoms with Crippen molar-refractivity contribution >= 4 is 5.91 Å². The van der Waals surface area contributed by atoms with Crippen molar-refractivity contribution in [2.75, 3.05) is 0 Å². The third kappa shape index (κ3) is 3.61. The van der Waals surface area contributed by atoms with Crippen molar-refractivity contribution in [2.24, 2.45) is 0 Å². The van der Waals surface area contributed by atoms with Gasteiger partial charge in [0.1, 0.15) is 0 Å². The minimum absolute atomic E-state index is 0.312. The maximum absolute atomic E-state index is 12.6. The van der Waals surface area contributed by atoms with Crippen LogP contribution in [0.25, 0.3) is 0 Å². The molecule has 0 atom stereocenters. The normalized spacial score (nSPS) is 13.8. The molecular weight excluding hydrogens is 233 g/mol. The lowest BCUT2D eigenvalue weighted by Gasteiger charge is -2.28. The quantitative estimate of drug-likeness (QED) is 0.760. The monoisotopic (exact) mass is 247 g/mol. The highest BCUT2D eigenvalue weighted by atomic mass is 19.4. The van der Waals surface area contributed by atoms with Gasteiger partial charge in [-0.1, -0.05) is 13.3 Å².